The molecule has 3 aliphatic carbocycles. The van der Waals surface area contributed by atoms with Crippen molar-refractivity contribution < 1.29 is 13.7 Å². The largest absolute Gasteiger partial charge is 0.309 e. The topological polar surface area (TPSA) is 4.93 Å². The van der Waals surface area contributed by atoms with Gasteiger partial charge in [0.15, 0.2) is 8.07 Å². The number of benzene rings is 13. The first-order chi connectivity index (χ1) is 44.9. The molecule has 13 aromatic carbocycles. The quantitative estimate of drug-likeness (QED) is 0.0950. The summed E-state index contributed by atoms with van der Waals surface area (Å²) in [6, 6.07) is 88.6. The van der Waals surface area contributed by atoms with Crippen molar-refractivity contribution in [3.63, 3.8) is 0 Å². The average molecular weight is 1070 g/mol. The highest BCUT2D eigenvalue weighted by Gasteiger charge is 2.50. The molecule has 17 rings (SSSR count). The molecule has 384 valence electrons. The lowest BCUT2D eigenvalue weighted by atomic mass is 9.60. The molecular weight excluding hydrogens is 1000 g/mol. The summed E-state index contributed by atoms with van der Waals surface area (Å²) >= 11 is 0. The predicted molar refractivity (Wildman–Crippen MR) is 346 cm³/mol. The van der Waals surface area contributed by atoms with Gasteiger partial charge in [-0.2, -0.15) is 0 Å². The van der Waals surface area contributed by atoms with Gasteiger partial charge in [0, 0.05) is 22.6 Å². The Labute approximate surface area is 494 Å². The molecule has 0 spiro atoms. The monoisotopic (exact) mass is 1070 g/mol. The van der Waals surface area contributed by atoms with Crippen molar-refractivity contribution in [1.29, 1.82) is 0 Å². The van der Waals surface area contributed by atoms with Gasteiger partial charge in [-0.25, -0.2) is 0 Å². The van der Waals surface area contributed by atoms with E-state index in [2.05, 4.69) is 229 Å². The summed E-state index contributed by atoms with van der Waals surface area (Å²) in [7, 11) is -3.40. The molecule has 1 heterocycles. The Kier molecular flexibility index (Phi) is 9.20. The van der Waals surface area contributed by atoms with Gasteiger partial charge in [-0.05, 0) is 134 Å². The van der Waals surface area contributed by atoms with Gasteiger partial charge in [0.1, 0.15) is 0 Å². The molecule has 3 aliphatic rings. The molecule has 1 nitrogen and oxygen atoms in total. The molecule has 14 aromatic rings. The molecule has 0 fully saturated rings. The average Bonchev–Trinajstić information content (AvgIpc) is 0.747. The fraction of sp³-hybridized carbons (Fsp3) is 0.0250. The molecule has 2 unspecified atom stereocenters. The SMILES string of the molecule is [2H]c1c([2H])c([2H])c(-c2cccc(-c3c([2H])c([2H])c([2H])c([2H])c3[2H])c2-c2ccc3c(c2)c2ccccc2n3-c2cccc3c2C2c4ccccc4C3c3cccc([Si](c4ccccc4)(c4cccc(-c5ccccc5)c4)c4cccc(-c5ccccc5)c4)c32)c([2H])c1[2H]. The highest BCUT2D eigenvalue weighted by Crippen LogP contribution is 2.57. The molecule has 0 N–H and O–H groups in total. The first-order valence-electron chi connectivity index (χ1n) is 32.9. The normalized spacial score (nSPS) is 15.8. The molecule has 82 heavy (non-hydrogen) atoms. The van der Waals surface area contributed by atoms with Crippen molar-refractivity contribution in [2.75, 3.05) is 0 Å². The van der Waals surface area contributed by atoms with Crippen LogP contribution in [-0.4, -0.2) is 12.6 Å². The minimum atomic E-state index is -3.40. The van der Waals surface area contributed by atoms with Crippen LogP contribution in [-0.2, 0) is 0 Å². The molecular formula is C80H55NSi. The molecule has 0 aliphatic heterocycles. The molecule has 1 aromatic heterocycles. The third-order valence-electron chi connectivity index (χ3n) is 17.3. The Balaban J connectivity index is 0.971. The van der Waals surface area contributed by atoms with Crippen LogP contribution in [0.3, 0.4) is 0 Å². The molecule has 0 amide bonds. The maximum Gasteiger partial charge on any atom is 0.179 e. The minimum Gasteiger partial charge on any atom is -0.309 e. The Bertz CT molecular complexity index is 5150. The zero-order valence-electron chi connectivity index (χ0n) is 54.4. The van der Waals surface area contributed by atoms with E-state index in [4.69, 9.17) is 8.22 Å². The molecule has 2 heteroatoms. The fourth-order valence-electron chi connectivity index (χ4n) is 14.0. The fourth-order valence-corrected chi connectivity index (χ4v) is 19.1. The maximum atomic E-state index is 9.26. The van der Waals surface area contributed by atoms with E-state index < -0.39 is 68.5 Å². The Morgan fingerprint density at radius 3 is 1.41 bits per heavy atom. The second-order valence-electron chi connectivity index (χ2n) is 21.4. The number of rotatable bonds is 10. The van der Waals surface area contributed by atoms with Gasteiger partial charge in [-0.3, -0.25) is 0 Å². The van der Waals surface area contributed by atoms with Gasteiger partial charge in [-0.1, -0.05) is 297 Å². The van der Waals surface area contributed by atoms with E-state index in [-0.39, 0.29) is 34.1 Å². The first kappa shape index (κ1) is 38.5. The molecule has 0 radical (unpaired) electrons. The summed E-state index contributed by atoms with van der Waals surface area (Å²) in [6.45, 7) is 0. The van der Waals surface area contributed by atoms with E-state index >= 15 is 0 Å². The highest BCUT2D eigenvalue weighted by atomic mass is 28.3. The molecule has 2 bridgehead atoms. The Hall–Kier alpha value is -10.1. The lowest BCUT2D eigenvalue weighted by molar-refractivity contribution is 0.752. The zero-order valence-corrected chi connectivity index (χ0v) is 45.4. The van der Waals surface area contributed by atoms with Gasteiger partial charge >= 0.3 is 0 Å². The summed E-state index contributed by atoms with van der Waals surface area (Å²) in [6.07, 6.45) is 0. The van der Waals surface area contributed by atoms with Crippen molar-refractivity contribution in [2.45, 2.75) is 11.8 Å². The van der Waals surface area contributed by atoms with Gasteiger partial charge in [-0.15, -0.1) is 0 Å². The van der Waals surface area contributed by atoms with Crippen molar-refractivity contribution >= 4 is 50.6 Å². The lowest BCUT2D eigenvalue weighted by Gasteiger charge is -2.47. The van der Waals surface area contributed by atoms with Crippen molar-refractivity contribution in [3.05, 3.63) is 355 Å². The maximum absolute atomic E-state index is 9.26. The molecule has 0 saturated carbocycles. The smallest absolute Gasteiger partial charge is 0.179 e. The number of fused-ring (bicyclic) bond motifs is 3. The van der Waals surface area contributed by atoms with E-state index in [0.29, 0.717) is 11.1 Å². The first-order valence-corrected chi connectivity index (χ1v) is 29.9. The lowest BCUT2D eigenvalue weighted by Crippen LogP contribution is -2.75. The standard InChI is InChI=1S/C80H55NSi/c1-6-25-54(26-7-1)58-33-20-37-62(51-58)82(61-35-14-5-15-36-61,63-38-21-34-59(52-63)55-27-8-2-9-28-55)75-48-24-45-70-77-67-40-16-17-41-68(67)80(79(70)75)78-69(77)44-23-47-74(78)81-72-46-19-18-39-66(72)71-53-60(49-50-73(71)81)76-64(56-29-10-3-11-30-56)42-22-43-65(76)57-31-12-4-13-32-57/h1-53,77,80H/i3D,4D,10D,11D,12D,13D,29D,30D,31D,32D. The van der Waals surface area contributed by atoms with Crippen LogP contribution in [0, 0.1) is 0 Å². The van der Waals surface area contributed by atoms with Crippen LogP contribution in [0.15, 0.2) is 321 Å². The van der Waals surface area contributed by atoms with Crippen LogP contribution < -0.4 is 20.7 Å². The summed E-state index contributed by atoms with van der Waals surface area (Å²) in [5.41, 5.74) is 16.3. The number of aromatic nitrogens is 1. The molecule has 0 saturated heterocycles. The number of hydrogen-bond acceptors (Lipinski definition) is 0. The second kappa shape index (κ2) is 19.6. The minimum absolute atomic E-state index is 0.0687. The van der Waals surface area contributed by atoms with Crippen molar-refractivity contribution in [1.82, 2.24) is 4.57 Å². The second-order valence-corrected chi connectivity index (χ2v) is 25.2. The van der Waals surface area contributed by atoms with E-state index in [1.165, 1.54) is 54.1 Å². The van der Waals surface area contributed by atoms with Crippen LogP contribution >= 0.6 is 0 Å². The summed E-state index contributed by atoms with van der Waals surface area (Å²) in [5, 5.41) is 6.92. The van der Waals surface area contributed by atoms with E-state index in [9.17, 15) is 5.48 Å². The van der Waals surface area contributed by atoms with Crippen molar-refractivity contribution in [3.8, 4) is 61.3 Å². The van der Waals surface area contributed by atoms with Crippen molar-refractivity contribution in [2.24, 2.45) is 0 Å². The van der Waals surface area contributed by atoms with E-state index in [1.807, 2.05) is 18.2 Å². The van der Waals surface area contributed by atoms with Crippen LogP contribution in [0.2, 0.25) is 0 Å². The van der Waals surface area contributed by atoms with E-state index in [0.717, 1.165) is 49.7 Å². The van der Waals surface area contributed by atoms with Gasteiger partial charge < -0.3 is 4.57 Å². The summed E-state index contributed by atoms with van der Waals surface area (Å²) in [5.74, 6) is -0.356. The Morgan fingerprint density at radius 2 is 0.780 bits per heavy atom. The third kappa shape index (κ3) is 7.45. The van der Waals surface area contributed by atoms with E-state index in [1.54, 1.807) is 18.2 Å². The highest BCUT2D eigenvalue weighted by molar-refractivity contribution is 7.20. The van der Waals surface area contributed by atoms with Gasteiger partial charge in [0.2, 0.25) is 0 Å². The predicted octanol–water partition coefficient (Wildman–Crippen LogP) is 17.5. The van der Waals surface area contributed by atoms with Crippen LogP contribution in [0.5, 0.6) is 0 Å². The van der Waals surface area contributed by atoms with Crippen LogP contribution in [0.1, 0.15) is 58.9 Å². The molecule has 2 atom stereocenters. The summed E-state index contributed by atoms with van der Waals surface area (Å²) in [4.78, 5) is 0. The third-order valence-corrected chi connectivity index (χ3v) is 22.1. The number of nitrogens with zero attached hydrogens (tertiary/aromatic N) is 1. The zero-order chi connectivity index (χ0) is 62.8. The van der Waals surface area contributed by atoms with Gasteiger partial charge in [0.25, 0.3) is 0 Å². The van der Waals surface area contributed by atoms with Crippen LogP contribution in [0.4, 0.5) is 0 Å². The Morgan fingerprint density at radius 1 is 0.305 bits per heavy atom. The van der Waals surface area contributed by atoms with Gasteiger partial charge in [0.05, 0.1) is 30.4 Å². The summed E-state index contributed by atoms with van der Waals surface area (Å²) < 4.78 is 91.6. The van der Waals surface area contributed by atoms with Crippen LogP contribution in [0.25, 0.3) is 83.1 Å². The number of para-hydroxylation sites is 1. The number of hydrogen-bond donors (Lipinski definition) is 0.